The Hall–Kier alpha value is -0.0800. The maximum atomic E-state index is 5.32. The zero-order chi connectivity index (χ0) is 10.4. The van der Waals surface area contributed by atoms with Crippen molar-refractivity contribution in [1.29, 1.82) is 0 Å². The van der Waals surface area contributed by atoms with Gasteiger partial charge in [0.25, 0.3) is 0 Å². The molecule has 0 aromatic rings. The molecule has 0 heterocycles. The molecule has 1 fully saturated rings. The molecule has 0 spiro atoms. The third-order valence-electron chi connectivity index (χ3n) is 3.61. The molecule has 0 bridgehead atoms. The molecule has 0 aliphatic heterocycles. The van der Waals surface area contributed by atoms with Gasteiger partial charge in [-0.15, -0.1) is 0 Å². The number of hydrogen-bond acceptors (Lipinski definition) is 2. The predicted molar refractivity (Wildman–Crippen MR) is 60.5 cm³/mol. The summed E-state index contributed by atoms with van der Waals surface area (Å²) in [6, 6.07) is 0.736. The lowest BCUT2D eigenvalue weighted by atomic mass is 9.93. The number of hydrogen-bond donors (Lipinski definition) is 1. The third kappa shape index (κ3) is 3.25. The van der Waals surface area contributed by atoms with Crippen LogP contribution in [0.25, 0.3) is 0 Å². The molecule has 1 aliphatic rings. The van der Waals surface area contributed by atoms with Crippen LogP contribution in [0, 0.1) is 11.8 Å². The van der Waals surface area contributed by atoms with Gasteiger partial charge in [-0.25, -0.2) is 0 Å². The van der Waals surface area contributed by atoms with Crippen molar-refractivity contribution < 1.29 is 4.74 Å². The summed E-state index contributed by atoms with van der Waals surface area (Å²) >= 11 is 0. The van der Waals surface area contributed by atoms with Crippen LogP contribution in [0.2, 0.25) is 0 Å². The summed E-state index contributed by atoms with van der Waals surface area (Å²) in [7, 11) is 0. The summed E-state index contributed by atoms with van der Waals surface area (Å²) in [6.45, 7) is 9.45. The second-order valence-corrected chi connectivity index (χ2v) is 4.36. The van der Waals surface area contributed by atoms with E-state index in [1.165, 1.54) is 19.3 Å². The summed E-state index contributed by atoms with van der Waals surface area (Å²) < 4.78 is 5.32. The molecular formula is C12H25NO. The molecular weight excluding hydrogens is 174 g/mol. The largest absolute Gasteiger partial charge is 0.380 e. The Kier molecular flexibility index (Phi) is 5.49. The van der Waals surface area contributed by atoms with Crippen molar-refractivity contribution in [2.45, 2.75) is 46.1 Å². The molecule has 3 atom stereocenters. The van der Waals surface area contributed by atoms with Gasteiger partial charge in [0.1, 0.15) is 0 Å². The molecule has 0 saturated heterocycles. The molecule has 2 nitrogen and oxygen atoms in total. The summed E-state index contributed by atoms with van der Waals surface area (Å²) in [4.78, 5) is 0. The van der Waals surface area contributed by atoms with Crippen LogP contribution >= 0.6 is 0 Å². The zero-order valence-electron chi connectivity index (χ0n) is 9.88. The Morgan fingerprint density at radius 2 is 2.07 bits per heavy atom. The topological polar surface area (TPSA) is 21.3 Å². The highest BCUT2D eigenvalue weighted by Gasteiger charge is 2.30. The van der Waals surface area contributed by atoms with Crippen molar-refractivity contribution in [1.82, 2.24) is 5.32 Å². The first kappa shape index (κ1) is 12.0. The Bertz CT molecular complexity index is 149. The lowest BCUT2D eigenvalue weighted by molar-refractivity contribution is 0.144. The van der Waals surface area contributed by atoms with Gasteiger partial charge in [-0.2, -0.15) is 0 Å². The van der Waals surface area contributed by atoms with Crippen LogP contribution < -0.4 is 5.32 Å². The van der Waals surface area contributed by atoms with Crippen LogP contribution in [-0.2, 0) is 4.74 Å². The second kappa shape index (κ2) is 6.41. The SMILES string of the molecule is CCOCCNC1CCC(CC)C1C. The van der Waals surface area contributed by atoms with Gasteiger partial charge >= 0.3 is 0 Å². The normalized spacial score (nSPS) is 32.4. The van der Waals surface area contributed by atoms with Crippen molar-refractivity contribution in [3.05, 3.63) is 0 Å². The molecule has 0 aromatic carbocycles. The highest BCUT2D eigenvalue weighted by molar-refractivity contribution is 4.86. The smallest absolute Gasteiger partial charge is 0.0590 e. The fourth-order valence-electron chi connectivity index (χ4n) is 2.57. The predicted octanol–water partition coefficient (Wildman–Crippen LogP) is 2.44. The average Bonchev–Trinajstić information content (AvgIpc) is 2.55. The van der Waals surface area contributed by atoms with Crippen molar-refractivity contribution in [3.8, 4) is 0 Å². The van der Waals surface area contributed by atoms with Crippen LogP contribution in [0.5, 0.6) is 0 Å². The number of rotatable bonds is 6. The molecule has 0 aromatic heterocycles. The van der Waals surface area contributed by atoms with E-state index in [0.717, 1.165) is 37.6 Å². The second-order valence-electron chi connectivity index (χ2n) is 4.36. The van der Waals surface area contributed by atoms with E-state index in [0.29, 0.717) is 0 Å². The minimum Gasteiger partial charge on any atom is -0.380 e. The molecule has 1 N–H and O–H groups in total. The fourth-order valence-corrected chi connectivity index (χ4v) is 2.57. The van der Waals surface area contributed by atoms with E-state index in [4.69, 9.17) is 4.74 Å². The highest BCUT2D eigenvalue weighted by atomic mass is 16.5. The number of nitrogens with one attached hydrogen (secondary N) is 1. The first-order valence-electron chi connectivity index (χ1n) is 6.10. The van der Waals surface area contributed by atoms with Crippen LogP contribution in [-0.4, -0.2) is 25.8 Å². The maximum absolute atomic E-state index is 5.32. The molecule has 14 heavy (non-hydrogen) atoms. The molecule has 1 aliphatic carbocycles. The Labute approximate surface area is 88.4 Å². The molecule has 2 heteroatoms. The quantitative estimate of drug-likeness (QED) is 0.663. The van der Waals surface area contributed by atoms with Crippen LogP contribution in [0.1, 0.15) is 40.0 Å². The van der Waals surface area contributed by atoms with E-state index in [2.05, 4.69) is 19.2 Å². The minimum absolute atomic E-state index is 0.736. The van der Waals surface area contributed by atoms with Gasteiger partial charge in [0, 0.05) is 19.2 Å². The molecule has 1 saturated carbocycles. The Morgan fingerprint density at radius 3 is 2.64 bits per heavy atom. The Morgan fingerprint density at radius 1 is 1.29 bits per heavy atom. The van der Waals surface area contributed by atoms with E-state index < -0.39 is 0 Å². The van der Waals surface area contributed by atoms with Crippen molar-refractivity contribution >= 4 is 0 Å². The van der Waals surface area contributed by atoms with E-state index in [1.54, 1.807) is 0 Å². The van der Waals surface area contributed by atoms with Crippen LogP contribution in [0.15, 0.2) is 0 Å². The van der Waals surface area contributed by atoms with Gasteiger partial charge in [-0.3, -0.25) is 0 Å². The molecule has 0 radical (unpaired) electrons. The van der Waals surface area contributed by atoms with Gasteiger partial charge in [-0.1, -0.05) is 20.3 Å². The first-order valence-corrected chi connectivity index (χ1v) is 6.10. The van der Waals surface area contributed by atoms with E-state index in [-0.39, 0.29) is 0 Å². The number of ether oxygens (including phenoxy) is 1. The van der Waals surface area contributed by atoms with E-state index in [9.17, 15) is 0 Å². The van der Waals surface area contributed by atoms with Gasteiger partial charge < -0.3 is 10.1 Å². The standard InChI is InChI=1S/C12H25NO/c1-4-11-6-7-12(10(11)3)13-8-9-14-5-2/h10-13H,4-9H2,1-3H3. The molecule has 1 rings (SSSR count). The van der Waals surface area contributed by atoms with Crippen molar-refractivity contribution in [2.24, 2.45) is 11.8 Å². The Balaban J connectivity index is 2.13. The summed E-state index contributed by atoms with van der Waals surface area (Å²) in [5.41, 5.74) is 0. The fraction of sp³-hybridized carbons (Fsp3) is 1.00. The zero-order valence-corrected chi connectivity index (χ0v) is 9.88. The minimum atomic E-state index is 0.736. The summed E-state index contributed by atoms with van der Waals surface area (Å²) in [5, 5.41) is 3.61. The van der Waals surface area contributed by atoms with Crippen molar-refractivity contribution in [3.63, 3.8) is 0 Å². The first-order chi connectivity index (χ1) is 6.79. The summed E-state index contributed by atoms with van der Waals surface area (Å²) in [6.07, 6.45) is 4.10. The van der Waals surface area contributed by atoms with E-state index >= 15 is 0 Å². The monoisotopic (exact) mass is 199 g/mol. The maximum Gasteiger partial charge on any atom is 0.0590 e. The lowest BCUT2D eigenvalue weighted by Gasteiger charge is -2.20. The van der Waals surface area contributed by atoms with Crippen molar-refractivity contribution in [2.75, 3.05) is 19.8 Å². The molecule has 0 amide bonds. The van der Waals surface area contributed by atoms with Crippen LogP contribution in [0.3, 0.4) is 0 Å². The van der Waals surface area contributed by atoms with E-state index in [1.807, 2.05) is 6.92 Å². The van der Waals surface area contributed by atoms with Gasteiger partial charge in [0.15, 0.2) is 0 Å². The highest BCUT2D eigenvalue weighted by Crippen LogP contribution is 2.33. The van der Waals surface area contributed by atoms with Crippen LogP contribution in [0.4, 0.5) is 0 Å². The molecule has 84 valence electrons. The molecule has 3 unspecified atom stereocenters. The van der Waals surface area contributed by atoms with Gasteiger partial charge in [0.05, 0.1) is 6.61 Å². The summed E-state index contributed by atoms with van der Waals surface area (Å²) in [5.74, 6) is 1.79. The average molecular weight is 199 g/mol. The van der Waals surface area contributed by atoms with Gasteiger partial charge in [-0.05, 0) is 31.6 Å². The lowest BCUT2D eigenvalue weighted by Crippen LogP contribution is -2.35. The van der Waals surface area contributed by atoms with Gasteiger partial charge in [0.2, 0.25) is 0 Å². The third-order valence-corrected chi connectivity index (χ3v) is 3.61.